The molecule has 1 amide bonds. The number of aryl methyl sites for hydroxylation is 1. The summed E-state index contributed by atoms with van der Waals surface area (Å²) in [5.41, 5.74) is 0.380. The van der Waals surface area contributed by atoms with E-state index in [4.69, 9.17) is 14.0 Å². The van der Waals surface area contributed by atoms with Crippen LogP contribution in [-0.4, -0.2) is 54.9 Å². The third-order valence-electron chi connectivity index (χ3n) is 5.20. The van der Waals surface area contributed by atoms with Gasteiger partial charge in [-0.2, -0.15) is 4.98 Å². The number of piperidine rings is 1. The van der Waals surface area contributed by atoms with E-state index in [0.717, 1.165) is 23.7 Å². The molecule has 2 aromatic rings. The van der Waals surface area contributed by atoms with E-state index >= 15 is 0 Å². The highest BCUT2D eigenvalue weighted by molar-refractivity contribution is 9.10. The minimum Gasteiger partial charge on any atom is -0.497 e. The van der Waals surface area contributed by atoms with Crippen LogP contribution in [0.15, 0.2) is 27.2 Å². The number of carbonyl (C=O) groups excluding carboxylic acids is 1. The van der Waals surface area contributed by atoms with Crippen molar-refractivity contribution in [1.29, 1.82) is 0 Å². The maximum Gasteiger partial charge on any atom is 0.255 e. The fourth-order valence-corrected chi connectivity index (χ4v) is 3.92. The van der Waals surface area contributed by atoms with Crippen molar-refractivity contribution in [3.05, 3.63) is 40.0 Å². The fraction of sp³-hybridized carbons (Fsp3) is 0.526. The summed E-state index contributed by atoms with van der Waals surface area (Å²) in [5, 5.41) is 4.16. The first kappa shape index (κ1) is 19.8. The summed E-state index contributed by atoms with van der Waals surface area (Å²) in [7, 11) is 3.28. The van der Waals surface area contributed by atoms with Crippen molar-refractivity contribution in [1.82, 2.24) is 15.0 Å². The Balaban J connectivity index is 1.77. The Labute approximate surface area is 167 Å². The number of aromatic nitrogens is 2. The summed E-state index contributed by atoms with van der Waals surface area (Å²) in [5.74, 6) is 1.92. The molecule has 1 aliphatic rings. The van der Waals surface area contributed by atoms with E-state index < -0.39 is 0 Å². The molecule has 0 bridgehead atoms. The van der Waals surface area contributed by atoms with Crippen molar-refractivity contribution in [3.8, 4) is 5.75 Å². The molecule has 0 aliphatic carbocycles. The molecular weight excluding hydrogens is 414 g/mol. The SMILES string of the molecule is COCCC1(c2noc(C)n2)CCN(C(=O)c2cc(OC)ccc2Br)CC1. The van der Waals surface area contributed by atoms with Gasteiger partial charge in [0.05, 0.1) is 12.7 Å². The van der Waals surface area contributed by atoms with Crippen molar-refractivity contribution in [2.45, 2.75) is 31.6 Å². The number of hydrogen-bond donors (Lipinski definition) is 0. The summed E-state index contributed by atoms with van der Waals surface area (Å²) >= 11 is 3.47. The van der Waals surface area contributed by atoms with E-state index in [-0.39, 0.29) is 11.3 Å². The van der Waals surface area contributed by atoms with Crippen molar-refractivity contribution in [3.63, 3.8) is 0 Å². The molecule has 146 valence electrons. The number of benzene rings is 1. The van der Waals surface area contributed by atoms with Gasteiger partial charge in [0.25, 0.3) is 5.91 Å². The van der Waals surface area contributed by atoms with E-state index in [1.807, 2.05) is 17.0 Å². The number of carbonyl (C=O) groups is 1. The molecule has 0 unspecified atom stereocenters. The van der Waals surface area contributed by atoms with Gasteiger partial charge in [0.15, 0.2) is 5.82 Å². The molecule has 1 fully saturated rings. The first-order valence-electron chi connectivity index (χ1n) is 8.91. The smallest absolute Gasteiger partial charge is 0.255 e. The summed E-state index contributed by atoms with van der Waals surface area (Å²) in [6.07, 6.45) is 2.33. The van der Waals surface area contributed by atoms with E-state index in [1.165, 1.54) is 0 Å². The molecule has 1 saturated heterocycles. The lowest BCUT2D eigenvalue weighted by Gasteiger charge is -2.40. The number of hydrogen-bond acceptors (Lipinski definition) is 6. The molecule has 7 nitrogen and oxygen atoms in total. The van der Waals surface area contributed by atoms with Crippen LogP contribution >= 0.6 is 15.9 Å². The third kappa shape index (κ3) is 4.16. The summed E-state index contributed by atoms with van der Waals surface area (Å²) in [6.45, 7) is 3.65. The minimum absolute atomic E-state index is 0.00888. The van der Waals surface area contributed by atoms with Gasteiger partial charge in [0, 0.05) is 43.6 Å². The molecule has 8 heteroatoms. The Morgan fingerprint density at radius 1 is 1.33 bits per heavy atom. The minimum atomic E-state index is -0.226. The molecule has 0 radical (unpaired) electrons. The molecular formula is C19H24BrN3O4. The number of likely N-dealkylation sites (tertiary alicyclic amines) is 1. The highest BCUT2D eigenvalue weighted by atomic mass is 79.9. The maximum atomic E-state index is 13.0. The molecule has 1 aromatic heterocycles. The predicted octanol–water partition coefficient (Wildman–Crippen LogP) is 3.36. The Kier molecular flexibility index (Phi) is 6.16. The molecule has 1 aromatic carbocycles. The Morgan fingerprint density at radius 2 is 2.07 bits per heavy atom. The number of methoxy groups -OCH3 is 2. The first-order valence-corrected chi connectivity index (χ1v) is 9.71. The van der Waals surface area contributed by atoms with Crippen LogP contribution in [0.5, 0.6) is 5.75 Å². The zero-order valence-electron chi connectivity index (χ0n) is 15.8. The highest BCUT2D eigenvalue weighted by Gasteiger charge is 2.41. The van der Waals surface area contributed by atoms with Crippen molar-refractivity contribution < 1.29 is 18.8 Å². The average molecular weight is 438 g/mol. The molecule has 0 spiro atoms. The van der Waals surface area contributed by atoms with Gasteiger partial charge in [-0.15, -0.1) is 0 Å². The van der Waals surface area contributed by atoms with Gasteiger partial charge in [-0.25, -0.2) is 0 Å². The first-order chi connectivity index (χ1) is 13.0. The zero-order valence-corrected chi connectivity index (χ0v) is 17.4. The Bertz CT molecular complexity index is 800. The lowest BCUT2D eigenvalue weighted by atomic mass is 9.75. The fourth-order valence-electron chi connectivity index (χ4n) is 3.50. The predicted molar refractivity (Wildman–Crippen MR) is 103 cm³/mol. The van der Waals surface area contributed by atoms with Crippen LogP contribution in [0, 0.1) is 6.92 Å². The van der Waals surface area contributed by atoms with E-state index in [0.29, 0.717) is 42.7 Å². The second-order valence-electron chi connectivity index (χ2n) is 6.80. The summed E-state index contributed by atoms with van der Waals surface area (Å²) in [6, 6.07) is 5.42. The van der Waals surface area contributed by atoms with E-state index in [9.17, 15) is 4.79 Å². The normalized spacial score (nSPS) is 16.4. The van der Waals surface area contributed by atoms with Crippen LogP contribution in [-0.2, 0) is 10.2 Å². The number of amides is 1. The van der Waals surface area contributed by atoms with E-state index in [2.05, 4.69) is 26.1 Å². The van der Waals surface area contributed by atoms with Crippen LogP contribution in [0.1, 0.15) is 41.3 Å². The summed E-state index contributed by atoms with van der Waals surface area (Å²) < 4.78 is 16.5. The molecule has 3 rings (SSSR count). The Morgan fingerprint density at radius 3 is 2.67 bits per heavy atom. The molecule has 27 heavy (non-hydrogen) atoms. The van der Waals surface area contributed by atoms with Crippen molar-refractivity contribution >= 4 is 21.8 Å². The monoisotopic (exact) mass is 437 g/mol. The number of ether oxygens (including phenoxy) is 2. The topological polar surface area (TPSA) is 77.7 Å². The summed E-state index contributed by atoms with van der Waals surface area (Å²) in [4.78, 5) is 19.4. The van der Waals surface area contributed by atoms with Crippen LogP contribution < -0.4 is 4.74 Å². The number of halogens is 1. The average Bonchev–Trinajstić information content (AvgIpc) is 3.13. The molecule has 0 atom stereocenters. The van der Waals surface area contributed by atoms with Gasteiger partial charge in [0.1, 0.15) is 5.75 Å². The standard InChI is InChI=1S/C19H24BrN3O4/c1-13-21-18(22-27-13)19(8-11-25-2)6-9-23(10-7-19)17(24)15-12-14(26-3)4-5-16(15)20/h4-5,12H,6-11H2,1-3H3. The van der Waals surface area contributed by atoms with Gasteiger partial charge in [-0.05, 0) is 53.4 Å². The second kappa shape index (κ2) is 8.39. The lowest BCUT2D eigenvalue weighted by Crippen LogP contribution is -2.46. The highest BCUT2D eigenvalue weighted by Crippen LogP contribution is 2.38. The Hall–Kier alpha value is -1.93. The number of rotatable bonds is 6. The van der Waals surface area contributed by atoms with Gasteiger partial charge in [0.2, 0.25) is 5.89 Å². The molecule has 0 saturated carbocycles. The number of nitrogens with zero attached hydrogens (tertiary/aromatic N) is 3. The second-order valence-corrected chi connectivity index (χ2v) is 7.65. The van der Waals surface area contributed by atoms with Crippen LogP contribution in [0.3, 0.4) is 0 Å². The maximum absolute atomic E-state index is 13.0. The van der Waals surface area contributed by atoms with Gasteiger partial charge in [-0.1, -0.05) is 5.16 Å². The molecule has 2 heterocycles. The van der Waals surface area contributed by atoms with Crippen molar-refractivity contribution in [2.75, 3.05) is 33.9 Å². The van der Waals surface area contributed by atoms with Gasteiger partial charge in [-0.3, -0.25) is 4.79 Å². The quantitative estimate of drug-likeness (QED) is 0.689. The zero-order chi connectivity index (χ0) is 19.4. The van der Waals surface area contributed by atoms with Crippen LogP contribution in [0.2, 0.25) is 0 Å². The van der Waals surface area contributed by atoms with E-state index in [1.54, 1.807) is 27.2 Å². The van der Waals surface area contributed by atoms with Crippen LogP contribution in [0.25, 0.3) is 0 Å². The van der Waals surface area contributed by atoms with Crippen molar-refractivity contribution in [2.24, 2.45) is 0 Å². The van der Waals surface area contributed by atoms with Gasteiger partial charge < -0.3 is 18.9 Å². The largest absolute Gasteiger partial charge is 0.497 e. The van der Waals surface area contributed by atoms with Crippen LogP contribution in [0.4, 0.5) is 0 Å². The lowest BCUT2D eigenvalue weighted by molar-refractivity contribution is 0.0615. The molecule has 0 N–H and O–H groups in total. The third-order valence-corrected chi connectivity index (χ3v) is 5.89. The van der Waals surface area contributed by atoms with Gasteiger partial charge >= 0.3 is 0 Å². The molecule has 1 aliphatic heterocycles.